The van der Waals surface area contributed by atoms with Gasteiger partial charge in [0.2, 0.25) is 5.91 Å². The maximum absolute atomic E-state index is 12.7. The average molecular weight is 298 g/mol. The summed E-state index contributed by atoms with van der Waals surface area (Å²) >= 11 is 2.02. The third-order valence-corrected chi connectivity index (χ3v) is 5.95. The predicted octanol–water partition coefficient (Wildman–Crippen LogP) is 1.45. The lowest BCUT2D eigenvalue weighted by Gasteiger charge is -2.38. The van der Waals surface area contributed by atoms with Gasteiger partial charge < -0.3 is 9.64 Å². The minimum atomic E-state index is 0.338. The highest BCUT2D eigenvalue weighted by atomic mass is 32.2. The van der Waals surface area contributed by atoms with E-state index in [2.05, 4.69) is 9.80 Å². The first-order valence-electron chi connectivity index (χ1n) is 8.03. The summed E-state index contributed by atoms with van der Waals surface area (Å²) in [6, 6.07) is 0.411. The van der Waals surface area contributed by atoms with E-state index >= 15 is 0 Å². The molecule has 0 radical (unpaired) electrons. The molecule has 0 bridgehead atoms. The zero-order valence-electron chi connectivity index (χ0n) is 12.3. The van der Waals surface area contributed by atoms with E-state index in [4.69, 9.17) is 4.74 Å². The van der Waals surface area contributed by atoms with Crippen molar-refractivity contribution in [3.63, 3.8) is 0 Å². The standard InChI is InChI=1S/C15H26N2O2S/c18-15(13-3-1-4-13)17-5-2-10-20-12-14(17)11-16-6-8-19-9-7-16/h13-14H,1-12H2/t14-/m0/s1. The van der Waals surface area contributed by atoms with Gasteiger partial charge in [-0.25, -0.2) is 0 Å². The largest absolute Gasteiger partial charge is 0.379 e. The molecule has 0 aromatic carbocycles. The van der Waals surface area contributed by atoms with Gasteiger partial charge in [-0.3, -0.25) is 9.69 Å². The van der Waals surface area contributed by atoms with Gasteiger partial charge in [0, 0.05) is 37.8 Å². The Morgan fingerprint density at radius 2 is 1.95 bits per heavy atom. The van der Waals surface area contributed by atoms with Crippen molar-refractivity contribution in [3.8, 4) is 0 Å². The molecular formula is C15H26N2O2S. The van der Waals surface area contributed by atoms with E-state index in [9.17, 15) is 4.79 Å². The first kappa shape index (κ1) is 14.7. The molecule has 0 spiro atoms. The van der Waals surface area contributed by atoms with Gasteiger partial charge in [-0.1, -0.05) is 6.42 Å². The first-order chi connectivity index (χ1) is 9.84. The molecule has 0 aromatic heterocycles. The van der Waals surface area contributed by atoms with E-state index in [1.165, 1.54) is 12.2 Å². The number of carbonyl (C=O) groups is 1. The number of thioether (sulfide) groups is 1. The molecule has 3 fully saturated rings. The summed E-state index contributed by atoms with van der Waals surface area (Å²) in [7, 11) is 0. The van der Waals surface area contributed by atoms with E-state index in [1.807, 2.05) is 11.8 Å². The van der Waals surface area contributed by atoms with E-state index in [0.29, 0.717) is 17.9 Å². The summed E-state index contributed by atoms with van der Waals surface area (Å²) in [5, 5.41) is 0. The molecule has 5 heteroatoms. The molecular weight excluding hydrogens is 272 g/mol. The lowest BCUT2D eigenvalue weighted by Crippen LogP contribution is -2.52. The third-order valence-electron chi connectivity index (χ3n) is 4.75. The minimum Gasteiger partial charge on any atom is -0.379 e. The second kappa shape index (κ2) is 7.14. The Morgan fingerprint density at radius 1 is 1.15 bits per heavy atom. The Labute approximate surface area is 126 Å². The summed E-state index contributed by atoms with van der Waals surface area (Å²) in [6.07, 6.45) is 4.63. The van der Waals surface area contributed by atoms with Crippen molar-refractivity contribution in [1.29, 1.82) is 0 Å². The van der Waals surface area contributed by atoms with Gasteiger partial charge in [0.25, 0.3) is 0 Å². The first-order valence-corrected chi connectivity index (χ1v) is 9.18. The van der Waals surface area contributed by atoms with Crippen LogP contribution < -0.4 is 0 Å². The Balaban J connectivity index is 1.61. The number of amides is 1. The lowest BCUT2D eigenvalue weighted by atomic mass is 9.84. The normalized spacial score (nSPS) is 29.8. The van der Waals surface area contributed by atoms with Gasteiger partial charge >= 0.3 is 0 Å². The molecule has 3 rings (SSSR count). The van der Waals surface area contributed by atoms with Gasteiger partial charge in [0.15, 0.2) is 0 Å². The van der Waals surface area contributed by atoms with Crippen LogP contribution in [0, 0.1) is 5.92 Å². The van der Waals surface area contributed by atoms with Crippen LogP contribution in [0.5, 0.6) is 0 Å². The average Bonchev–Trinajstić information content (AvgIpc) is 2.63. The maximum atomic E-state index is 12.7. The maximum Gasteiger partial charge on any atom is 0.226 e. The molecule has 0 aromatic rings. The monoisotopic (exact) mass is 298 g/mol. The molecule has 3 aliphatic rings. The summed E-state index contributed by atoms with van der Waals surface area (Å²) in [4.78, 5) is 17.4. The second-order valence-electron chi connectivity index (χ2n) is 6.15. The molecule has 0 N–H and O–H groups in total. The van der Waals surface area contributed by atoms with Crippen LogP contribution in [0.3, 0.4) is 0 Å². The van der Waals surface area contributed by atoms with Crippen LogP contribution in [0.1, 0.15) is 25.7 Å². The topological polar surface area (TPSA) is 32.8 Å². The number of ether oxygens (including phenoxy) is 1. The molecule has 4 nitrogen and oxygen atoms in total. The van der Waals surface area contributed by atoms with Crippen LogP contribution in [0.15, 0.2) is 0 Å². The van der Waals surface area contributed by atoms with Crippen LogP contribution in [0.4, 0.5) is 0 Å². The fourth-order valence-electron chi connectivity index (χ4n) is 3.24. The second-order valence-corrected chi connectivity index (χ2v) is 7.30. The zero-order valence-corrected chi connectivity index (χ0v) is 13.1. The van der Waals surface area contributed by atoms with Crippen LogP contribution >= 0.6 is 11.8 Å². The molecule has 2 aliphatic heterocycles. The van der Waals surface area contributed by atoms with E-state index in [-0.39, 0.29) is 0 Å². The molecule has 1 amide bonds. The van der Waals surface area contributed by atoms with Gasteiger partial charge in [-0.05, 0) is 25.0 Å². The van der Waals surface area contributed by atoms with Crippen molar-refractivity contribution in [2.24, 2.45) is 5.92 Å². The molecule has 1 aliphatic carbocycles. The summed E-state index contributed by atoms with van der Waals surface area (Å²) in [5.74, 6) is 3.09. The lowest BCUT2D eigenvalue weighted by molar-refractivity contribution is -0.140. The van der Waals surface area contributed by atoms with Crippen molar-refractivity contribution >= 4 is 17.7 Å². The highest BCUT2D eigenvalue weighted by Crippen LogP contribution is 2.30. The zero-order chi connectivity index (χ0) is 13.8. The number of hydrogen-bond acceptors (Lipinski definition) is 4. The molecule has 2 saturated heterocycles. The summed E-state index contributed by atoms with van der Waals surface area (Å²) in [5.41, 5.74) is 0. The Kier molecular flexibility index (Phi) is 5.24. The Bertz CT molecular complexity index is 330. The number of carbonyl (C=O) groups excluding carboxylic acids is 1. The van der Waals surface area contributed by atoms with Gasteiger partial charge in [0.05, 0.1) is 19.3 Å². The van der Waals surface area contributed by atoms with Crippen LogP contribution in [0.25, 0.3) is 0 Å². The van der Waals surface area contributed by atoms with Crippen LogP contribution in [-0.4, -0.2) is 72.6 Å². The molecule has 114 valence electrons. The molecule has 1 atom stereocenters. The quantitative estimate of drug-likeness (QED) is 0.789. The smallest absolute Gasteiger partial charge is 0.226 e. The molecule has 1 saturated carbocycles. The van der Waals surface area contributed by atoms with Gasteiger partial charge in [-0.2, -0.15) is 11.8 Å². The fourth-order valence-corrected chi connectivity index (χ4v) is 4.30. The Hall–Kier alpha value is -0.260. The van der Waals surface area contributed by atoms with Crippen molar-refractivity contribution in [1.82, 2.24) is 9.80 Å². The Morgan fingerprint density at radius 3 is 2.65 bits per heavy atom. The number of hydrogen-bond donors (Lipinski definition) is 0. The fraction of sp³-hybridized carbons (Fsp3) is 0.933. The van der Waals surface area contributed by atoms with Gasteiger partial charge in [-0.15, -0.1) is 0 Å². The summed E-state index contributed by atoms with van der Waals surface area (Å²) < 4.78 is 5.43. The third kappa shape index (κ3) is 3.49. The number of rotatable bonds is 3. The summed E-state index contributed by atoms with van der Waals surface area (Å²) in [6.45, 7) is 5.73. The molecule has 0 unspecified atom stereocenters. The van der Waals surface area contributed by atoms with E-state index in [1.54, 1.807) is 0 Å². The molecule has 20 heavy (non-hydrogen) atoms. The predicted molar refractivity (Wildman–Crippen MR) is 82.0 cm³/mol. The van der Waals surface area contributed by atoms with Crippen molar-refractivity contribution in [2.45, 2.75) is 31.7 Å². The number of nitrogens with zero attached hydrogens (tertiary/aromatic N) is 2. The highest BCUT2D eigenvalue weighted by molar-refractivity contribution is 7.99. The van der Waals surface area contributed by atoms with Crippen LogP contribution in [0.2, 0.25) is 0 Å². The van der Waals surface area contributed by atoms with E-state index in [0.717, 1.165) is 64.4 Å². The van der Waals surface area contributed by atoms with Crippen molar-refractivity contribution in [3.05, 3.63) is 0 Å². The highest BCUT2D eigenvalue weighted by Gasteiger charge is 2.34. The minimum absolute atomic E-state index is 0.338. The van der Waals surface area contributed by atoms with Crippen molar-refractivity contribution < 1.29 is 9.53 Å². The SMILES string of the molecule is O=C(C1CCC1)N1CCCSC[C@@H]1CN1CCOCC1. The van der Waals surface area contributed by atoms with Crippen LogP contribution in [-0.2, 0) is 9.53 Å². The van der Waals surface area contributed by atoms with Gasteiger partial charge in [0.1, 0.15) is 0 Å². The van der Waals surface area contributed by atoms with E-state index < -0.39 is 0 Å². The molecule has 2 heterocycles. The number of morpholine rings is 1. The van der Waals surface area contributed by atoms with Crippen molar-refractivity contribution in [2.75, 3.05) is 50.9 Å².